The Kier molecular flexibility index (Phi) is 5.83. The molecule has 25 heavy (non-hydrogen) atoms. The number of likely N-dealkylation sites (tertiary alicyclic amines) is 1. The van der Waals surface area contributed by atoms with Crippen molar-refractivity contribution in [1.82, 2.24) is 9.80 Å². The van der Waals surface area contributed by atoms with Crippen LogP contribution in [0.15, 0.2) is 18.2 Å². The van der Waals surface area contributed by atoms with Crippen molar-refractivity contribution in [1.29, 1.82) is 0 Å². The molecule has 0 spiro atoms. The molecule has 0 atom stereocenters. The monoisotopic (exact) mass is 367 g/mol. The quantitative estimate of drug-likeness (QED) is 0.813. The summed E-state index contributed by atoms with van der Waals surface area (Å²) in [6, 6.07) is 4.96. The van der Waals surface area contributed by atoms with Crippen molar-refractivity contribution in [2.75, 3.05) is 25.9 Å². The molecule has 0 bridgehead atoms. The second kappa shape index (κ2) is 7.52. The van der Waals surface area contributed by atoms with E-state index in [-0.39, 0.29) is 18.0 Å². The highest BCUT2D eigenvalue weighted by Gasteiger charge is 2.30. The molecule has 0 radical (unpaired) electrons. The lowest BCUT2D eigenvalue weighted by molar-refractivity contribution is 0.0156. The Morgan fingerprint density at radius 3 is 2.40 bits per heavy atom. The minimum Gasteiger partial charge on any atom is -0.444 e. The van der Waals surface area contributed by atoms with Gasteiger partial charge in [0.05, 0.1) is 10.6 Å². The first-order valence-electron chi connectivity index (χ1n) is 8.38. The number of halogens is 1. The summed E-state index contributed by atoms with van der Waals surface area (Å²) < 4.78 is 5.40. The van der Waals surface area contributed by atoms with Crippen molar-refractivity contribution in [2.24, 2.45) is 0 Å². The third-order valence-electron chi connectivity index (χ3n) is 4.20. The summed E-state index contributed by atoms with van der Waals surface area (Å²) in [5, 5.41) is 0.359. The average Bonchev–Trinajstić information content (AvgIpc) is 2.52. The van der Waals surface area contributed by atoms with Gasteiger partial charge in [0.25, 0.3) is 5.91 Å². The highest BCUT2D eigenvalue weighted by molar-refractivity contribution is 6.34. The molecule has 2 N–H and O–H groups in total. The number of nitrogen functional groups attached to an aromatic ring is 1. The summed E-state index contributed by atoms with van der Waals surface area (Å²) in [6.45, 7) is 6.66. The maximum Gasteiger partial charge on any atom is 0.410 e. The average molecular weight is 368 g/mol. The molecule has 0 aromatic heterocycles. The van der Waals surface area contributed by atoms with Gasteiger partial charge >= 0.3 is 6.09 Å². The molecule has 6 nitrogen and oxygen atoms in total. The third kappa shape index (κ3) is 5.01. The van der Waals surface area contributed by atoms with E-state index in [1.807, 2.05) is 20.8 Å². The van der Waals surface area contributed by atoms with Crippen LogP contribution in [0.1, 0.15) is 44.0 Å². The van der Waals surface area contributed by atoms with Crippen LogP contribution in [-0.4, -0.2) is 53.6 Å². The number of rotatable bonds is 2. The van der Waals surface area contributed by atoms with Crippen LogP contribution < -0.4 is 5.73 Å². The molecule has 0 saturated carbocycles. The second-order valence-corrected chi connectivity index (χ2v) is 7.76. The molecule has 2 amide bonds. The van der Waals surface area contributed by atoms with E-state index in [2.05, 4.69) is 0 Å². The van der Waals surface area contributed by atoms with Gasteiger partial charge < -0.3 is 20.3 Å². The van der Waals surface area contributed by atoms with Crippen molar-refractivity contribution in [3.8, 4) is 0 Å². The van der Waals surface area contributed by atoms with Crippen LogP contribution in [0.2, 0.25) is 5.02 Å². The van der Waals surface area contributed by atoms with Gasteiger partial charge in [-0.25, -0.2) is 4.79 Å². The van der Waals surface area contributed by atoms with E-state index in [0.29, 0.717) is 42.2 Å². The minimum absolute atomic E-state index is 0.0563. The van der Waals surface area contributed by atoms with Gasteiger partial charge in [0, 0.05) is 31.9 Å². The van der Waals surface area contributed by atoms with Gasteiger partial charge in [0.15, 0.2) is 0 Å². The van der Waals surface area contributed by atoms with Crippen LogP contribution in [0.4, 0.5) is 10.5 Å². The molecule has 1 aliphatic rings. The summed E-state index contributed by atoms with van der Waals surface area (Å²) in [6.07, 6.45) is 1.07. The molecule has 1 saturated heterocycles. The number of benzene rings is 1. The van der Waals surface area contributed by atoms with Gasteiger partial charge in [0.2, 0.25) is 0 Å². The molecule has 2 rings (SSSR count). The molecule has 0 unspecified atom stereocenters. The number of nitrogens with two attached hydrogens (primary N) is 1. The van der Waals surface area contributed by atoms with Gasteiger partial charge in [-0.2, -0.15) is 0 Å². The number of carbonyl (C=O) groups is 2. The van der Waals surface area contributed by atoms with E-state index < -0.39 is 5.60 Å². The topological polar surface area (TPSA) is 75.9 Å². The van der Waals surface area contributed by atoms with Crippen molar-refractivity contribution in [2.45, 2.75) is 45.3 Å². The second-order valence-electron chi connectivity index (χ2n) is 7.35. The van der Waals surface area contributed by atoms with E-state index in [1.54, 1.807) is 35.0 Å². The molecule has 1 aromatic carbocycles. The lowest BCUT2D eigenvalue weighted by Gasteiger charge is -2.37. The Morgan fingerprint density at radius 1 is 1.28 bits per heavy atom. The van der Waals surface area contributed by atoms with Crippen LogP contribution >= 0.6 is 11.6 Å². The smallest absolute Gasteiger partial charge is 0.410 e. The first-order valence-corrected chi connectivity index (χ1v) is 8.76. The van der Waals surface area contributed by atoms with Gasteiger partial charge in [-0.05, 0) is 51.8 Å². The van der Waals surface area contributed by atoms with Gasteiger partial charge in [-0.15, -0.1) is 0 Å². The van der Waals surface area contributed by atoms with Crippen molar-refractivity contribution < 1.29 is 14.3 Å². The van der Waals surface area contributed by atoms with Crippen LogP contribution in [0.3, 0.4) is 0 Å². The van der Waals surface area contributed by atoms with E-state index in [9.17, 15) is 9.59 Å². The number of ether oxygens (including phenoxy) is 1. The Bertz CT molecular complexity index is 649. The van der Waals surface area contributed by atoms with E-state index in [1.165, 1.54) is 0 Å². The summed E-state index contributed by atoms with van der Waals surface area (Å²) >= 11 is 6.13. The van der Waals surface area contributed by atoms with Gasteiger partial charge in [0.1, 0.15) is 5.60 Å². The van der Waals surface area contributed by atoms with Crippen LogP contribution in [0, 0.1) is 0 Å². The van der Waals surface area contributed by atoms with E-state index in [4.69, 9.17) is 22.1 Å². The predicted octanol–water partition coefficient (Wildman–Crippen LogP) is 3.39. The maximum absolute atomic E-state index is 12.6. The summed E-state index contributed by atoms with van der Waals surface area (Å²) in [5.41, 5.74) is 6.13. The van der Waals surface area contributed by atoms with Crippen LogP contribution in [-0.2, 0) is 4.74 Å². The number of hydrogen-bond acceptors (Lipinski definition) is 4. The van der Waals surface area contributed by atoms with Crippen molar-refractivity contribution in [3.05, 3.63) is 28.8 Å². The Hall–Kier alpha value is -1.95. The first-order chi connectivity index (χ1) is 11.6. The largest absolute Gasteiger partial charge is 0.444 e. The standard InChI is InChI=1S/C18H26ClN3O3/c1-18(2,3)25-17(24)21(4)13-7-9-22(10-8-13)16(23)14-6-5-12(20)11-15(14)19/h5-6,11,13H,7-10,20H2,1-4H3. The molecule has 138 valence electrons. The Labute approximate surface area is 153 Å². The zero-order valence-electron chi connectivity index (χ0n) is 15.2. The fourth-order valence-electron chi connectivity index (χ4n) is 2.81. The lowest BCUT2D eigenvalue weighted by atomic mass is 10.0. The van der Waals surface area contributed by atoms with Crippen molar-refractivity contribution >= 4 is 29.3 Å². The number of hydrogen-bond donors (Lipinski definition) is 1. The summed E-state index contributed by atoms with van der Waals surface area (Å²) in [4.78, 5) is 28.2. The molecule has 0 aliphatic carbocycles. The van der Waals surface area contributed by atoms with E-state index >= 15 is 0 Å². The lowest BCUT2D eigenvalue weighted by Crippen LogP contribution is -2.48. The highest BCUT2D eigenvalue weighted by Crippen LogP contribution is 2.24. The number of anilines is 1. The SMILES string of the molecule is CN(C(=O)OC(C)(C)C)C1CCN(C(=O)c2ccc(N)cc2Cl)CC1. The molecular formula is C18H26ClN3O3. The van der Waals surface area contributed by atoms with Crippen LogP contribution in [0.25, 0.3) is 0 Å². The Balaban J connectivity index is 1.95. The zero-order valence-corrected chi connectivity index (χ0v) is 16.0. The normalized spacial score (nSPS) is 15.8. The molecule has 7 heteroatoms. The third-order valence-corrected chi connectivity index (χ3v) is 4.52. The number of carbonyl (C=O) groups excluding carboxylic acids is 2. The molecule has 1 heterocycles. The summed E-state index contributed by atoms with van der Waals surface area (Å²) in [7, 11) is 1.74. The Morgan fingerprint density at radius 2 is 1.88 bits per heavy atom. The highest BCUT2D eigenvalue weighted by atomic mass is 35.5. The summed E-state index contributed by atoms with van der Waals surface area (Å²) in [5.74, 6) is -0.108. The first kappa shape index (κ1) is 19.4. The van der Waals surface area contributed by atoms with Gasteiger partial charge in [-0.1, -0.05) is 11.6 Å². The van der Waals surface area contributed by atoms with Gasteiger partial charge in [-0.3, -0.25) is 4.79 Å². The minimum atomic E-state index is -0.520. The fraction of sp³-hybridized carbons (Fsp3) is 0.556. The molecular weight excluding hydrogens is 342 g/mol. The maximum atomic E-state index is 12.6. The predicted molar refractivity (Wildman–Crippen MR) is 98.8 cm³/mol. The van der Waals surface area contributed by atoms with E-state index in [0.717, 1.165) is 0 Å². The van der Waals surface area contributed by atoms with Crippen LogP contribution in [0.5, 0.6) is 0 Å². The van der Waals surface area contributed by atoms with Crippen molar-refractivity contribution in [3.63, 3.8) is 0 Å². The molecule has 1 aromatic rings. The zero-order chi connectivity index (χ0) is 18.8. The number of nitrogens with zero attached hydrogens (tertiary/aromatic N) is 2. The number of piperidine rings is 1. The molecule has 1 aliphatic heterocycles. The fourth-order valence-corrected chi connectivity index (χ4v) is 3.08. The molecule has 1 fully saturated rings. The number of amides is 2.